The summed E-state index contributed by atoms with van der Waals surface area (Å²) >= 11 is 0. The van der Waals surface area contributed by atoms with Crippen LogP contribution in [0.5, 0.6) is 0 Å². The molecule has 0 saturated carbocycles. The highest BCUT2D eigenvalue weighted by molar-refractivity contribution is 5.54. The molecule has 0 bridgehead atoms. The van der Waals surface area contributed by atoms with Crippen LogP contribution in [0.3, 0.4) is 0 Å². The summed E-state index contributed by atoms with van der Waals surface area (Å²) in [5, 5.41) is 3.66. The van der Waals surface area contributed by atoms with Crippen molar-refractivity contribution in [3.8, 4) is 0 Å². The molecule has 98 valence electrons. The van der Waals surface area contributed by atoms with Crippen LogP contribution in [-0.4, -0.2) is 6.54 Å². The van der Waals surface area contributed by atoms with E-state index in [0.29, 0.717) is 0 Å². The summed E-state index contributed by atoms with van der Waals surface area (Å²) in [7, 11) is 0. The molecular formula is C17H25N. The monoisotopic (exact) mass is 243 g/mol. The predicted octanol–water partition coefficient (Wildman–Crippen LogP) is 4.75. The van der Waals surface area contributed by atoms with Gasteiger partial charge >= 0.3 is 0 Å². The molecular weight excluding hydrogens is 218 g/mol. The van der Waals surface area contributed by atoms with Gasteiger partial charge in [-0.2, -0.15) is 0 Å². The van der Waals surface area contributed by atoms with Crippen LogP contribution in [0, 0.1) is 5.92 Å². The Morgan fingerprint density at radius 2 is 1.94 bits per heavy atom. The van der Waals surface area contributed by atoms with Crippen molar-refractivity contribution < 1.29 is 0 Å². The normalized spacial score (nSPS) is 19.8. The molecule has 1 unspecified atom stereocenters. The molecule has 1 N–H and O–H groups in total. The first-order chi connectivity index (χ1) is 8.57. The molecule has 1 aromatic carbocycles. The van der Waals surface area contributed by atoms with Gasteiger partial charge in [0.2, 0.25) is 0 Å². The topological polar surface area (TPSA) is 12.0 Å². The van der Waals surface area contributed by atoms with Crippen molar-refractivity contribution in [2.45, 2.75) is 45.4 Å². The van der Waals surface area contributed by atoms with Gasteiger partial charge in [-0.1, -0.05) is 51.1 Å². The number of para-hydroxylation sites is 1. The summed E-state index contributed by atoms with van der Waals surface area (Å²) in [5.41, 5.74) is 2.92. The number of hydrogen-bond donors (Lipinski definition) is 1. The van der Waals surface area contributed by atoms with Crippen LogP contribution in [-0.2, 0) is 5.41 Å². The maximum Gasteiger partial charge on any atom is 0.0378 e. The lowest BCUT2D eigenvalue weighted by atomic mass is 9.85. The SMILES string of the molecule is CC(C)(C)c1ccccc1NCC1CC=CCC1. The van der Waals surface area contributed by atoms with E-state index < -0.39 is 0 Å². The number of anilines is 1. The third-order valence-corrected chi connectivity index (χ3v) is 3.69. The van der Waals surface area contributed by atoms with Gasteiger partial charge in [-0.3, -0.25) is 0 Å². The van der Waals surface area contributed by atoms with E-state index in [-0.39, 0.29) is 5.41 Å². The average molecular weight is 243 g/mol. The lowest BCUT2D eigenvalue weighted by molar-refractivity contribution is 0.503. The van der Waals surface area contributed by atoms with Gasteiger partial charge in [0.15, 0.2) is 0 Å². The Morgan fingerprint density at radius 1 is 1.17 bits per heavy atom. The summed E-state index contributed by atoms with van der Waals surface area (Å²) in [6.45, 7) is 7.92. The lowest BCUT2D eigenvalue weighted by Gasteiger charge is -2.25. The molecule has 2 rings (SSSR count). The first-order valence-electron chi connectivity index (χ1n) is 7.06. The van der Waals surface area contributed by atoms with Crippen molar-refractivity contribution >= 4 is 5.69 Å². The second kappa shape index (κ2) is 5.60. The maximum absolute atomic E-state index is 3.66. The predicted molar refractivity (Wildman–Crippen MR) is 80.1 cm³/mol. The number of rotatable bonds is 3. The lowest BCUT2D eigenvalue weighted by Crippen LogP contribution is -2.19. The van der Waals surface area contributed by atoms with Crippen molar-refractivity contribution in [3.05, 3.63) is 42.0 Å². The van der Waals surface area contributed by atoms with Gasteiger partial charge in [-0.25, -0.2) is 0 Å². The standard InChI is InChI=1S/C17H25N/c1-17(2,3)15-11-7-8-12-16(15)18-13-14-9-5-4-6-10-14/h4-5,7-8,11-12,14,18H,6,9-10,13H2,1-3H3. The third-order valence-electron chi connectivity index (χ3n) is 3.69. The van der Waals surface area contributed by atoms with Crippen molar-refractivity contribution in [2.75, 3.05) is 11.9 Å². The Morgan fingerprint density at radius 3 is 2.61 bits per heavy atom. The molecule has 0 fully saturated rings. The molecule has 1 atom stereocenters. The van der Waals surface area contributed by atoms with E-state index in [0.717, 1.165) is 12.5 Å². The Bertz CT molecular complexity index is 412. The van der Waals surface area contributed by atoms with E-state index >= 15 is 0 Å². The van der Waals surface area contributed by atoms with Crippen molar-refractivity contribution in [1.29, 1.82) is 0 Å². The minimum atomic E-state index is 0.204. The number of allylic oxidation sites excluding steroid dienone is 2. The van der Waals surface area contributed by atoms with Gasteiger partial charge < -0.3 is 5.32 Å². The Labute approximate surface area is 111 Å². The third kappa shape index (κ3) is 3.38. The van der Waals surface area contributed by atoms with Gasteiger partial charge in [-0.15, -0.1) is 0 Å². The highest BCUT2D eigenvalue weighted by Crippen LogP contribution is 2.29. The molecule has 18 heavy (non-hydrogen) atoms. The summed E-state index contributed by atoms with van der Waals surface area (Å²) in [6, 6.07) is 8.70. The number of nitrogens with one attached hydrogen (secondary N) is 1. The van der Waals surface area contributed by atoms with Crippen LogP contribution in [0.4, 0.5) is 5.69 Å². The minimum absolute atomic E-state index is 0.204. The van der Waals surface area contributed by atoms with Gasteiger partial charge in [0, 0.05) is 12.2 Å². The van der Waals surface area contributed by atoms with Crippen LogP contribution in [0.2, 0.25) is 0 Å². The largest absolute Gasteiger partial charge is 0.385 e. The molecule has 0 radical (unpaired) electrons. The highest BCUT2D eigenvalue weighted by Gasteiger charge is 2.18. The van der Waals surface area contributed by atoms with Gasteiger partial charge in [0.1, 0.15) is 0 Å². The van der Waals surface area contributed by atoms with Gasteiger partial charge in [0.25, 0.3) is 0 Å². The van der Waals surface area contributed by atoms with Gasteiger partial charge in [0.05, 0.1) is 0 Å². The first-order valence-corrected chi connectivity index (χ1v) is 7.06. The van der Waals surface area contributed by atoms with Crippen LogP contribution in [0.1, 0.15) is 45.6 Å². The molecule has 0 heterocycles. The maximum atomic E-state index is 3.66. The van der Waals surface area contributed by atoms with Crippen molar-refractivity contribution in [3.63, 3.8) is 0 Å². The Hall–Kier alpha value is -1.24. The summed E-state index contributed by atoms with van der Waals surface area (Å²) < 4.78 is 0. The van der Waals surface area contributed by atoms with Crippen LogP contribution in [0.15, 0.2) is 36.4 Å². The van der Waals surface area contributed by atoms with E-state index in [9.17, 15) is 0 Å². The zero-order valence-electron chi connectivity index (χ0n) is 11.9. The molecule has 1 heteroatoms. The molecule has 1 aliphatic rings. The second-order valence-electron chi connectivity index (χ2n) is 6.33. The molecule has 1 nitrogen and oxygen atoms in total. The summed E-state index contributed by atoms with van der Waals surface area (Å²) in [5.74, 6) is 0.794. The molecule has 0 saturated heterocycles. The van der Waals surface area contributed by atoms with E-state index in [1.54, 1.807) is 0 Å². The smallest absolute Gasteiger partial charge is 0.0378 e. The fourth-order valence-electron chi connectivity index (χ4n) is 2.59. The Kier molecular flexibility index (Phi) is 4.11. The van der Waals surface area contributed by atoms with Gasteiger partial charge in [-0.05, 0) is 42.2 Å². The van der Waals surface area contributed by atoms with Crippen molar-refractivity contribution in [1.82, 2.24) is 0 Å². The van der Waals surface area contributed by atoms with Crippen LogP contribution in [0.25, 0.3) is 0 Å². The average Bonchev–Trinajstić information content (AvgIpc) is 2.37. The fraction of sp³-hybridized carbons (Fsp3) is 0.529. The zero-order valence-corrected chi connectivity index (χ0v) is 11.9. The molecule has 1 aromatic rings. The molecule has 0 amide bonds. The van der Waals surface area contributed by atoms with Crippen LogP contribution < -0.4 is 5.32 Å². The zero-order chi connectivity index (χ0) is 13.0. The van der Waals surface area contributed by atoms with E-state index in [1.165, 1.54) is 30.5 Å². The highest BCUT2D eigenvalue weighted by atomic mass is 14.9. The summed E-state index contributed by atoms with van der Waals surface area (Å²) in [4.78, 5) is 0. The summed E-state index contributed by atoms with van der Waals surface area (Å²) in [6.07, 6.45) is 8.42. The van der Waals surface area contributed by atoms with E-state index in [1.807, 2.05) is 0 Å². The fourth-order valence-corrected chi connectivity index (χ4v) is 2.59. The quantitative estimate of drug-likeness (QED) is 0.755. The second-order valence-corrected chi connectivity index (χ2v) is 6.33. The first kappa shape index (κ1) is 13.2. The number of hydrogen-bond acceptors (Lipinski definition) is 1. The van der Waals surface area contributed by atoms with E-state index in [2.05, 4.69) is 62.5 Å². The van der Waals surface area contributed by atoms with Crippen LogP contribution >= 0.6 is 0 Å². The minimum Gasteiger partial charge on any atom is -0.385 e. The molecule has 0 spiro atoms. The number of benzene rings is 1. The molecule has 1 aliphatic carbocycles. The van der Waals surface area contributed by atoms with E-state index in [4.69, 9.17) is 0 Å². The molecule has 0 aromatic heterocycles. The van der Waals surface area contributed by atoms with Crippen molar-refractivity contribution in [2.24, 2.45) is 5.92 Å². The Balaban J connectivity index is 2.03. The molecule has 0 aliphatic heterocycles.